The van der Waals surface area contributed by atoms with Gasteiger partial charge in [-0.05, 0) is 24.1 Å². The molecule has 0 aliphatic rings. The molecule has 0 saturated carbocycles. The van der Waals surface area contributed by atoms with E-state index < -0.39 is 5.97 Å². The fraction of sp³-hybridized carbons (Fsp3) is 0.357. The molecule has 2 rings (SSSR count). The normalized spacial score (nSPS) is 10.9. The van der Waals surface area contributed by atoms with Crippen LogP contribution in [0.3, 0.4) is 0 Å². The summed E-state index contributed by atoms with van der Waals surface area (Å²) in [6.07, 6.45) is 1.47. The fourth-order valence-electron chi connectivity index (χ4n) is 1.83. The zero-order valence-electron chi connectivity index (χ0n) is 11.8. The van der Waals surface area contributed by atoms with Crippen LogP contribution < -0.4 is 4.74 Å². The summed E-state index contributed by atoms with van der Waals surface area (Å²) in [7, 11) is 0. The quantitative estimate of drug-likeness (QED) is 0.863. The second kappa shape index (κ2) is 6.71. The molecular formula is C14H16BrN3O3. The highest BCUT2D eigenvalue weighted by Crippen LogP contribution is 2.24. The molecule has 0 atom stereocenters. The molecule has 0 unspecified atom stereocenters. The van der Waals surface area contributed by atoms with Crippen molar-refractivity contribution in [3.05, 3.63) is 40.4 Å². The van der Waals surface area contributed by atoms with Gasteiger partial charge in [-0.1, -0.05) is 29.8 Å². The second-order valence-electron chi connectivity index (χ2n) is 4.99. The van der Waals surface area contributed by atoms with Crippen molar-refractivity contribution in [2.45, 2.75) is 27.0 Å². The zero-order chi connectivity index (χ0) is 15.4. The van der Waals surface area contributed by atoms with E-state index in [1.54, 1.807) is 16.8 Å². The minimum absolute atomic E-state index is 0.119. The van der Waals surface area contributed by atoms with Gasteiger partial charge in [-0.15, -0.1) is 0 Å². The van der Waals surface area contributed by atoms with Gasteiger partial charge in [0, 0.05) is 11.0 Å². The molecule has 0 aliphatic heterocycles. The number of halogens is 1. The third-order valence-corrected chi connectivity index (χ3v) is 3.26. The van der Waals surface area contributed by atoms with Crippen LogP contribution in [0.15, 0.2) is 29.0 Å². The first kappa shape index (κ1) is 15.5. The lowest BCUT2D eigenvalue weighted by atomic mass is 10.2. The molecule has 112 valence electrons. The van der Waals surface area contributed by atoms with Gasteiger partial charge in [0.1, 0.15) is 24.2 Å². The van der Waals surface area contributed by atoms with Crippen LogP contribution in [-0.2, 0) is 13.2 Å². The van der Waals surface area contributed by atoms with E-state index >= 15 is 0 Å². The first-order chi connectivity index (χ1) is 9.97. The lowest BCUT2D eigenvalue weighted by Gasteiger charge is -2.11. The molecule has 0 radical (unpaired) electrons. The van der Waals surface area contributed by atoms with E-state index in [1.165, 1.54) is 12.4 Å². The van der Waals surface area contributed by atoms with Crippen molar-refractivity contribution >= 4 is 21.9 Å². The van der Waals surface area contributed by atoms with Crippen LogP contribution in [0.5, 0.6) is 5.75 Å². The van der Waals surface area contributed by atoms with Gasteiger partial charge in [0.15, 0.2) is 5.82 Å². The Morgan fingerprint density at radius 3 is 2.90 bits per heavy atom. The highest BCUT2D eigenvalue weighted by Gasteiger charge is 2.13. The number of hydrogen-bond donors (Lipinski definition) is 1. The average Bonchev–Trinajstić information content (AvgIpc) is 2.82. The Kier molecular flexibility index (Phi) is 4.95. The maximum atomic E-state index is 11.2. The molecule has 6 nitrogen and oxygen atoms in total. The third-order valence-electron chi connectivity index (χ3n) is 2.76. The molecule has 1 N–H and O–H groups in total. The highest BCUT2D eigenvalue weighted by molar-refractivity contribution is 9.10. The Balaban J connectivity index is 2.15. The number of carboxylic acids is 1. The summed E-state index contributed by atoms with van der Waals surface area (Å²) in [4.78, 5) is 15.3. The first-order valence-corrected chi connectivity index (χ1v) is 7.29. The van der Waals surface area contributed by atoms with Crippen molar-refractivity contribution in [2.24, 2.45) is 5.92 Å². The van der Waals surface area contributed by atoms with Crippen molar-refractivity contribution in [1.29, 1.82) is 0 Å². The van der Waals surface area contributed by atoms with Crippen LogP contribution in [0, 0.1) is 5.92 Å². The van der Waals surface area contributed by atoms with Crippen LogP contribution in [-0.4, -0.2) is 25.8 Å². The highest BCUT2D eigenvalue weighted by atomic mass is 79.9. The average molecular weight is 354 g/mol. The van der Waals surface area contributed by atoms with E-state index in [0.29, 0.717) is 17.5 Å². The number of nitrogens with zero attached hydrogens (tertiary/aromatic N) is 3. The number of aromatic carboxylic acids is 1. The van der Waals surface area contributed by atoms with E-state index in [2.05, 4.69) is 39.9 Å². The van der Waals surface area contributed by atoms with Crippen molar-refractivity contribution in [1.82, 2.24) is 14.8 Å². The summed E-state index contributed by atoms with van der Waals surface area (Å²) in [5, 5.41) is 13.3. The summed E-state index contributed by atoms with van der Waals surface area (Å²) in [5.74, 6) is 0.378. The van der Waals surface area contributed by atoms with Gasteiger partial charge in [0.2, 0.25) is 0 Å². The maximum Gasteiger partial charge on any atom is 0.339 e. The Morgan fingerprint density at radius 2 is 2.24 bits per heavy atom. The minimum atomic E-state index is -1.03. The standard InChI is InChI=1S/C14H16BrN3O3/c1-9(2)6-18-13(16-8-17-18)7-21-12-5-10(15)3-4-11(12)14(19)20/h3-5,8-9H,6-7H2,1-2H3,(H,19,20). The van der Waals surface area contributed by atoms with E-state index in [4.69, 9.17) is 9.84 Å². The Hall–Kier alpha value is -1.89. The molecule has 0 aliphatic carbocycles. The van der Waals surface area contributed by atoms with Crippen molar-refractivity contribution < 1.29 is 14.6 Å². The lowest BCUT2D eigenvalue weighted by molar-refractivity contribution is 0.0691. The molecule has 7 heteroatoms. The summed E-state index contributed by atoms with van der Waals surface area (Å²) in [6.45, 7) is 5.08. The number of aromatic nitrogens is 3. The summed E-state index contributed by atoms with van der Waals surface area (Å²) in [5.41, 5.74) is 0.119. The molecule has 1 aromatic carbocycles. The molecule has 0 spiro atoms. The van der Waals surface area contributed by atoms with E-state index in [-0.39, 0.29) is 12.2 Å². The lowest BCUT2D eigenvalue weighted by Crippen LogP contribution is -2.13. The minimum Gasteiger partial charge on any atom is -0.485 e. The Labute approximate surface area is 130 Å². The number of hydrogen-bond acceptors (Lipinski definition) is 4. The van der Waals surface area contributed by atoms with E-state index in [9.17, 15) is 4.79 Å². The number of benzene rings is 1. The molecule has 2 aromatic rings. The maximum absolute atomic E-state index is 11.2. The van der Waals surface area contributed by atoms with Crippen LogP contribution >= 0.6 is 15.9 Å². The molecule has 0 bridgehead atoms. The first-order valence-electron chi connectivity index (χ1n) is 6.49. The molecule has 1 aromatic heterocycles. The zero-order valence-corrected chi connectivity index (χ0v) is 13.4. The predicted molar refractivity (Wildman–Crippen MR) is 80.3 cm³/mol. The number of carboxylic acid groups (broad SMARTS) is 1. The number of ether oxygens (including phenoxy) is 1. The van der Waals surface area contributed by atoms with Gasteiger partial charge in [-0.2, -0.15) is 5.10 Å². The van der Waals surface area contributed by atoms with Crippen molar-refractivity contribution in [3.63, 3.8) is 0 Å². The smallest absolute Gasteiger partial charge is 0.339 e. The van der Waals surface area contributed by atoms with Crippen LogP contribution in [0.1, 0.15) is 30.0 Å². The summed E-state index contributed by atoms with van der Waals surface area (Å²) < 4.78 is 8.13. The van der Waals surface area contributed by atoms with Crippen LogP contribution in [0.4, 0.5) is 0 Å². The largest absolute Gasteiger partial charge is 0.485 e. The van der Waals surface area contributed by atoms with Gasteiger partial charge in [0.05, 0.1) is 0 Å². The Bertz CT molecular complexity index is 640. The molecule has 21 heavy (non-hydrogen) atoms. The molecule has 1 heterocycles. The number of carbonyl (C=O) groups is 1. The summed E-state index contributed by atoms with van der Waals surface area (Å²) >= 11 is 3.31. The van der Waals surface area contributed by atoms with Gasteiger partial charge in [-0.3, -0.25) is 0 Å². The summed E-state index contributed by atoms with van der Waals surface area (Å²) in [6, 6.07) is 4.80. The third kappa shape index (κ3) is 4.04. The van der Waals surface area contributed by atoms with Gasteiger partial charge >= 0.3 is 5.97 Å². The van der Waals surface area contributed by atoms with E-state index in [0.717, 1.165) is 11.0 Å². The van der Waals surface area contributed by atoms with Crippen molar-refractivity contribution in [3.8, 4) is 5.75 Å². The number of rotatable bonds is 6. The van der Waals surface area contributed by atoms with Gasteiger partial charge in [-0.25, -0.2) is 14.5 Å². The fourth-order valence-corrected chi connectivity index (χ4v) is 2.17. The molecule has 0 fully saturated rings. The van der Waals surface area contributed by atoms with E-state index in [1.807, 2.05) is 0 Å². The monoisotopic (exact) mass is 353 g/mol. The molecular weight excluding hydrogens is 338 g/mol. The van der Waals surface area contributed by atoms with Crippen LogP contribution in [0.25, 0.3) is 0 Å². The SMILES string of the molecule is CC(C)Cn1ncnc1COc1cc(Br)ccc1C(=O)O. The molecule has 0 amide bonds. The second-order valence-corrected chi connectivity index (χ2v) is 5.90. The van der Waals surface area contributed by atoms with Crippen molar-refractivity contribution in [2.75, 3.05) is 0 Å². The Morgan fingerprint density at radius 1 is 1.48 bits per heavy atom. The molecule has 0 saturated heterocycles. The van der Waals surface area contributed by atoms with Gasteiger partial charge < -0.3 is 9.84 Å². The topological polar surface area (TPSA) is 77.2 Å². The van der Waals surface area contributed by atoms with Gasteiger partial charge in [0.25, 0.3) is 0 Å². The predicted octanol–water partition coefficient (Wildman–Crippen LogP) is 2.97. The van der Waals surface area contributed by atoms with Crippen LogP contribution in [0.2, 0.25) is 0 Å².